The van der Waals surface area contributed by atoms with Gasteiger partial charge in [-0.3, -0.25) is 0 Å². The summed E-state index contributed by atoms with van der Waals surface area (Å²) in [6.07, 6.45) is 0. The van der Waals surface area contributed by atoms with Crippen LogP contribution in [0.3, 0.4) is 0 Å². The monoisotopic (exact) mass is 301 g/mol. The second kappa shape index (κ2) is 5.16. The number of halogens is 3. The molecule has 0 heterocycles. The predicted octanol–water partition coefficient (Wildman–Crippen LogP) is 2.66. The van der Waals surface area contributed by atoms with E-state index >= 15 is 0 Å². The van der Waals surface area contributed by atoms with Crippen molar-refractivity contribution < 1.29 is 21.6 Å². The lowest BCUT2D eigenvalue weighted by molar-refractivity contribution is 0.549. The lowest BCUT2D eigenvalue weighted by atomic mass is 10.2. The Bertz CT molecular complexity index is 740. The minimum absolute atomic E-state index is 0.0646. The molecule has 0 aliphatic carbocycles. The smallest absolute Gasteiger partial charge is 0.185 e. The zero-order chi connectivity index (χ0) is 14.9. The second-order valence-corrected chi connectivity index (χ2v) is 6.18. The molecule has 2 aromatic rings. The van der Waals surface area contributed by atoms with Crippen molar-refractivity contribution in [3.63, 3.8) is 0 Å². The van der Waals surface area contributed by atoms with Crippen molar-refractivity contribution in [3.8, 4) is 0 Å². The molecule has 3 nitrogen and oxygen atoms in total. The summed E-state index contributed by atoms with van der Waals surface area (Å²) >= 11 is 0. The molecule has 0 radical (unpaired) electrons. The maximum absolute atomic E-state index is 13.5. The highest BCUT2D eigenvalue weighted by atomic mass is 32.2. The van der Waals surface area contributed by atoms with Gasteiger partial charge in [0.05, 0.1) is 5.75 Å². The molecule has 0 saturated carbocycles. The molecular formula is C13H10F3NO2S. The summed E-state index contributed by atoms with van der Waals surface area (Å²) in [5.74, 6) is -3.38. The Morgan fingerprint density at radius 3 is 2.25 bits per heavy atom. The molecular weight excluding hydrogens is 291 g/mol. The first-order valence-electron chi connectivity index (χ1n) is 5.51. The van der Waals surface area contributed by atoms with Crippen LogP contribution in [0, 0.1) is 17.5 Å². The number of nitrogens with two attached hydrogens (primary N) is 1. The Morgan fingerprint density at radius 1 is 0.950 bits per heavy atom. The highest BCUT2D eigenvalue weighted by molar-refractivity contribution is 7.90. The minimum Gasteiger partial charge on any atom is -0.399 e. The van der Waals surface area contributed by atoms with Crippen LogP contribution < -0.4 is 5.73 Å². The largest absolute Gasteiger partial charge is 0.399 e. The van der Waals surface area contributed by atoms with Gasteiger partial charge in [-0.1, -0.05) is 0 Å². The number of anilines is 1. The van der Waals surface area contributed by atoms with E-state index in [0.29, 0.717) is 6.07 Å². The predicted molar refractivity (Wildman–Crippen MR) is 68.1 cm³/mol. The fourth-order valence-corrected chi connectivity index (χ4v) is 3.18. The first kappa shape index (κ1) is 14.4. The van der Waals surface area contributed by atoms with E-state index < -0.39 is 37.9 Å². The molecule has 20 heavy (non-hydrogen) atoms. The van der Waals surface area contributed by atoms with Crippen LogP contribution in [-0.2, 0) is 15.6 Å². The first-order chi connectivity index (χ1) is 9.28. The van der Waals surface area contributed by atoms with Gasteiger partial charge in [0.25, 0.3) is 0 Å². The van der Waals surface area contributed by atoms with Gasteiger partial charge in [0, 0.05) is 11.8 Å². The van der Waals surface area contributed by atoms with E-state index in [4.69, 9.17) is 5.73 Å². The first-order valence-corrected chi connectivity index (χ1v) is 7.16. The molecule has 0 unspecified atom stereocenters. The fraction of sp³-hybridized carbons (Fsp3) is 0.0769. The van der Waals surface area contributed by atoms with Gasteiger partial charge in [-0.2, -0.15) is 0 Å². The third-order valence-corrected chi connectivity index (χ3v) is 4.28. The minimum atomic E-state index is -4.06. The molecule has 2 N–H and O–H groups in total. The highest BCUT2D eigenvalue weighted by Crippen LogP contribution is 2.22. The molecule has 0 aromatic heterocycles. The Balaban J connectivity index is 2.40. The van der Waals surface area contributed by atoms with E-state index in [2.05, 4.69) is 0 Å². The molecule has 2 rings (SSSR count). The van der Waals surface area contributed by atoms with Gasteiger partial charge in [0.1, 0.15) is 22.3 Å². The van der Waals surface area contributed by atoms with E-state index in [1.807, 2.05) is 0 Å². The molecule has 0 atom stereocenters. The van der Waals surface area contributed by atoms with Crippen LogP contribution in [-0.4, -0.2) is 8.42 Å². The van der Waals surface area contributed by atoms with Crippen molar-refractivity contribution in [3.05, 3.63) is 59.4 Å². The average Bonchev–Trinajstić information content (AvgIpc) is 2.25. The molecule has 0 aliphatic rings. The second-order valence-electron chi connectivity index (χ2n) is 4.23. The van der Waals surface area contributed by atoms with Gasteiger partial charge in [-0.05, 0) is 35.9 Å². The van der Waals surface area contributed by atoms with Crippen LogP contribution >= 0.6 is 0 Å². The lowest BCUT2D eigenvalue weighted by Gasteiger charge is -2.07. The molecule has 106 valence electrons. The zero-order valence-electron chi connectivity index (χ0n) is 10.1. The summed E-state index contributed by atoms with van der Waals surface area (Å²) in [5, 5.41) is 0. The molecule has 0 fully saturated rings. The maximum Gasteiger partial charge on any atom is 0.185 e. The van der Waals surface area contributed by atoms with Crippen LogP contribution in [0.4, 0.5) is 18.9 Å². The van der Waals surface area contributed by atoms with Gasteiger partial charge in [-0.15, -0.1) is 0 Å². The molecule has 0 saturated heterocycles. The van der Waals surface area contributed by atoms with E-state index in [-0.39, 0.29) is 11.3 Å². The summed E-state index contributed by atoms with van der Waals surface area (Å²) < 4.78 is 63.5. The van der Waals surface area contributed by atoms with E-state index in [9.17, 15) is 21.6 Å². The van der Waals surface area contributed by atoms with Crippen LogP contribution in [0.1, 0.15) is 5.56 Å². The van der Waals surface area contributed by atoms with E-state index in [1.54, 1.807) is 0 Å². The molecule has 7 heteroatoms. The molecule has 0 aliphatic heterocycles. The summed E-state index contributed by atoms with van der Waals surface area (Å²) in [6.45, 7) is 0. The van der Waals surface area contributed by atoms with Crippen molar-refractivity contribution in [2.45, 2.75) is 10.6 Å². The highest BCUT2D eigenvalue weighted by Gasteiger charge is 2.20. The Kier molecular flexibility index (Phi) is 3.71. The number of hydrogen-bond donors (Lipinski definition) is 1. The number of rotatable bonds is 3. The van der Waals surface area contributed by atoms with Gasteiger partial charge >= 0.3 is 0 Å². The van der Waals surface area contributed by atoms with Crippen LogP contribution in [0.15, 0.2) is 41.3 Å². The maximum atomic E-state index is 13.5. The number of sulfone groups is 1. The summed E-state index contributed by atoms with van der Waals surface area (Å²) in [4.78, 5) is -0.637. The summed E-state index contributed by atoms with van der Waals surface area (Å²) in [7, 11) is -4.06. The van der Waals surface area contributed by atoms with Crippen molar-refractivity contribution >= 4 is 15.5 Å². The molecule has 2 aromatic carbocycles. The van der Waals surface area contributed by atoms with Crippen molar-refractivity contribution in [1.29, 1.82) is 0 Å². The molecule has 0 amide bonds. The number of nitrogen functional groups attached to an aromatic ring is 1. The SMILES string of the molecule is Nc1cc(F)cc(CS(=O)(=O)c2ccc(F)cc2F)c1. The summed E-state index contributed by atoms with van der Waals surface area (Å²) in [5.41, 5.74) is 5.56. The quantitative estimate of drug-likeness (QED) is 0.700. The van der Waals surface area contributed by atoms with E-state index in [1.165, 1.54) is 6.07 Å². The molecule has 0 spiro atoms. The van der Waals surface area contributed by atoms with Gasteiger partial charge < -0.3 is 5.73 Å². The van der Waals surface area contributed by atoms with Crippen molar-refractivity contribution in [2.24, 2.45) is 0 Å². The van der Waals surface area contributed by atoms with Crippen LogP contribution in [0.25, 0.3) is 0 Å². The Hall–Kier alpha value is -2.02. The van der Waals surface area contributed by atoms with Crippen LogP contribution in [0.5, 0.6) is 0 Å². The van der Waals surface area contributed by atoms with Crippen LogP contribution in [0.2, 0.25) is 0 Å². The van der Waals surface area contributed by atoms with Gasteiger partial charge in [0.2, 0.25) is 0 Å². The van der Waals surface area contributed by atoms with Crippen molar-refractivity contribution in [2.75, 3.05) is 5.73 Å². The third-order valence-electron chi connectivity index (χ3n) is 2.57. The number of hydrogen-bond acceptors (Lipinski definition) is 3. The standard InChI is InChI=1S/C13H10F3NO2S/c14-9-1-2-13(12(16)6-9)20(18,19)7-8-3-10(15)5-11(17)4-8/h1-6H,7,17H2. The summed E-state index contributed by atoms with van der Waals surface area (Å²) in [6, 6.07) is 5.47. The lowest BCUT2D eigenvalue weighted by Crippen LogP contribution is -2.08. The van der Waals surface area contributed by atoms with Crippen molar-refractivity contribution in [1.82, 2.24) is 0 Å². The molecule has 0 bridgehead atoms. The van der Waals surface area contributed by atoms with Gasteiger partial charge in [0.15, 0.2) is 9.84 Å². The average molecular weight is 301 g/mol. The third kappa shape index (κ3) is 3.11. The zero-order valence-corrected chi connectivity index (χ0v) is 10.9. The topological polar surface area (TPSA) is 60.2 Å². The van der Waals surface area contributed by atoms with Gasteiger partial charge in [-0.25, -0.2) is 21.6 Å². The Labute approximate surface area is 113 Å². The normalized spacial score (nSPS) is 11.6. The number of benzene rings is 2. The Morgan fingerprint density at radius 2 is 1.65 bits per heavy atom. The fourth-order valence-electron chi connectivity index (χ4n) is 1.78. The van der Waals surface area contributed by atoms with E-state index in [0.717, 1.165) is 24.3 Å².